The van der Waals surface area contributed by atoms with Gasteiger partial charge in [0.05, 0.1) is 12.0 Å². The Kier molecular flexibility index (Phi) is 4.90. The Morgan fingerprint density at radius 2 is 2.24 bits per heavy atom. The molecule has 1 aromatic rings. The second-order valence-electron chi connectivity index (χ2n) is 4.41. The standard InChI is InChI=1S/C14H18N2S/c15-9-13(12-5-2-1-3-6-12)10-16-14-7-4-8-17-11-14/h1-3,5-6,13-14,16H,4,7-8,10-11H2. The van der Waals surface area contributed by atoms with Gasteiger partial charge in [-0.1, -0.05) is 30.3 Å². The fourth-order valence-corrected chi connectivity index (χ4v) is 3.22. The van der Waals surface area contributed by atoms with Gasteiger partial charge < -0.3 is 5.32 Å². The maximum atomic E-state index is 9.21. The van der Waals surface area contributed by atoms with Crippen molar-refractivity contribution in [3.05, 3.63) is 35.9 Å². The summed E-state index contributed by atoms with van der Waals surface area (Å²) in [6, 6.07) is 13.0. The third-order valence-corrected chi connectivity index (χ3v) is 4.34. The van der Waals surface area contributed by atoms with Crippen LogP contribution in [-0.4, -0.2) is 24.1 Å². The predicted molar refractivity (Wildman–Crippen MR) is 73.1 cm³/mol. The molecule has 0 aliphatic carbocycles. The first kappa shape index (κ1) is 12.5. The van der Waals surface area contributed by atoms with E-state index in [4.69, 9.17) is 0 Å². The third kappa shape index (κ3) is 3.76. The topological polar surface area (TPSA) is 35.8 Å². The molecule has 2 atom stereocenters. The Labute approximate surface area is 107 Å². The highest BCUT2D eigenvalue weighted by atomic mass is 32.2. The molecule has 0 aromatic heterocycles. The van der Waals surface area contributed by atoms with E-state index < -0.39 is 0 Å². The van der Waals surface area contributed by atoms with Gasteiger partial charge in [0.1, 0.15) is 0 Å². The van der Waals surface area contributed by atoms with Crippen molar-refractivity contribution in [3.63, 3.8) is 0 Å². The molecule has 17 heavy (non-hydrogen) atoms. The second kappa shape index (κ2) is 6.68. The summed E-state index contributed by atoms with van der Waals surface area (Å²) < 4.78 is 0. The van der Waals surface area contributed by atoms with E-state index in [-0.39, 0.29) is 5.92 Å². The molecule has 0 amide bonds. The maximum absolute atomic E-state index is 9.21. The van der Waals surface area contributed by atoms with Crippen LogP contribution in [0.25, 0.3) is 0 Å². The van der Waals surface area contributed by atoms with E-state index in [0.717, 1.165) is 12.1 Å². The van der Waals surface area contributed by atoms with Gasteiger partial charge in [-0.25, -0.2) is 0 Å². The van der Waals surface area contributed by atoms with E-state index in [1.807, 2.05) is 42.1 Å². The molecule has 1 fully saturated rings. The molecule has 2 rings (SSSR count). The number of benzene rings is 1. The largest absolute Gasteiger partial charge is 0.312 e. The average molecular weight is 246 g/mol. The number of hydrogen-bond acceptors (Lipinski definition) is 3. The van der Waals surface area contributed by atoms with Crippen LogP contribution in [0.15, 0.2) is 30.3 Å². The van der Waals surface area contributed by atoms with E-state index in [1.54, 1.807) is 0 Å². The normalized spacial score (nSPS) is 21.7. The number of rotatable bonds is 4. The molecule has 2 nitrogen and oxygen atoms in total. The van der Waals surface area contributed by atoms with Gasteiger partial charge in [-0.05, 0) is 24.2 Å². The molecule has 90 valence electrons. The van der Waals surface area contributed by atoms with Crippen molar-refractivity contribution in [1.82, 2.24) is 5.32 Å². The van der Waals surface area contributed by atoms with Crippen LogP contribution in [0, 0.1) is 11.3 Å². The van der Waals surface area contributed by atoms with Crippen LogP contribution in [-0.2, 0) is 0 Å². The SMILES string of the molecule is N#CC(CNC1CCCSC1)c1ccccc1. The quantitative estimate of drug-likeness (QED) is 0.887. The van der Waals surface area contributed by atoms with Crippen LogP contribution >= 0.6 is 11.8 Å². The smallest absolute Gasteiger partial charge is 0.0837 e. The molecule has 1 N–H and O–H groups in total. The maximum Gasteiger partial charge on any atom is 0.0837 e. The summed E-state index contributed by atoms with van der Waals surface area (Å²) in [5.41, 5.74) is 1.12. The van der Waals surface area contributed by atoms with Gasteiger partial charge in [0.15, 0.2) is 0 Å². The van der Waals surface area contributed by atoms with Gasteiger partial charge in [-0.2, -0.15) is 17.0 Å². The van der Waals surface area contributed by atoms with Crippen molar-refractivity contribution in [2.24, 2.45) is 0 Å². The van der Waals surface area contributed by atoms with Crippen LogP contribution < -0.4 is 5.32 Å². The lowest BCUT2D eigenvalue weighted by atomic mass is 10.0. The molecule has 2 unspecified atom stereocenters. The van der Waals surface area contributed by atoms with Gasteiger partial charge in [0.2, 0.25) is 0 Å². The molecule has 1 aliphatic heterocycles. The molecule has 1 aliphatic rings. The first-order valence-corrected chi connectivity index (χ1v) is 7.31. The summed E-state index contributed by atoms with van der Waals surface area (Å²) in [4.78, 5) is 0. The molecule has 1 heterocycles. The van der Waals surface area contributed by atoms with Gasteiger partial charge in [0.25, 0.3) is 0 Å². The van der Waals surface area contributed by atoms with Crippen LogP contribution in [0.1, 0.15) is 24.3 Å². The van der Waals surface area contributed by atoms with Gasteiger partial charge >= 0.3 is 0 Å². The lowest BCUT2D eigenvalue weighted by Gasteiger charge is -2.23. The predicted octanol–water partition coefficient (Wildman–Crippen LogP) is 2.78. The summed E-state index contributed by atoms with van der Waals surface area (Å²) in [7, 11) is 0. The minimum absolute atomic E-state index is 0.0249. The first-order chi connectivity index (χ1) is 8.40. The highest BCUT2D eigenvalue weighted by Gasteiger charge is 2.16. The van der Waals surface area contributed by atoms with Crippen LogP contribution in [0.2, 0.25) is 0 Å². The highest BCUT2D eigenvalue weighted by Crippen LogP contribution is 2.18. The summed E-state index contributed by atoms with van der Waals surface area (Å²) in [5, 5.41) is 12.7. The molecule has 0 spiro atoms. The molecule has 1 aromatic carbocycles. The van der Waals surface area contributed by atoms with Crippen molar-refractivity contribution in [3.8, 4) is 6.07 Å². The molecule has 0 bridgehead atoms. The Balaban J connectivity index is 1.86. The van der Waals surface area contributed by atoms with E-state index in [9.17, 15) is 5.26 Å². The fraction of sp³-hybridized carbons (Fsp3) is 0.500. The van der Waals surface area contributed by atoms with Crippen LogP contribution in [0.5, 0.6) is 0 Å². The van der Waals surface area contributed by atoms with Gasteiger partial charge in [-0.15, -0.1) is 0 Å². The molecule has 0 radical (unpaired) electrons. The number of nitrogens with one attached hydrogen (secondary N) is 1. The monoisotopic (exact) mass is 246 g/mol. The minimum atomic E-state index is -0.0249. The zero-order chi connectivity index (χ0) is 11.9. The molecule has 0 saturated carbocycles. The Hall–Kier alpha value is -0.980. The number of nitriles is 1. The molecule has 3 heteroatoms. The van der Waals surface area contributed by atoms with Crippen molar-refractivity contribution in [2.45, 2.75) is 24.8 Å². The first-order valence-electron chi connectivity index (χ1n) is 6.16. The van der Waals surface area contributed by atoms with E-state index in [2.05, 4.69) is 11.4 Å². The molecule has 1 saturated heterocycles. The average Bonchev–Trinajstić information content (AvgIpc) is 2.42. The zero-order valence-electron chi connectivity index (χ0n) is 9.93. The molecular weight excluding hydrogens is 228 g/mol. The minimum Gasteiger partial charge on any atom is -0.312 e. The lowest BCUT2D eigenvalue weighted by molar-refractivity contribution is 0.500. The number of hydrogen-bond donors (Lipinski definition) is 1. The summed E-state index contributed by atoms with van der Waals surface area (Å²) in [5.74, 6) is 2.45. The van der Waals surface area contributed by atoms with Crippen LogP contribution in [0.4, 0.5) is 0 Å². The van der Waals surface area contributed by atoms with Crippen molar-refractivity contribution in [1.29, 1.82) is 5.26 Å². The van der Waals surface area contributed by atoms with Crippen LogP contribution in [0.3, 0.4) is 0 Å². The van der Waals surface area contributed by atoms with Gasteiger partial charge in [0, 0.05) is 18.3 Å². The zero-order valence-corrected chi connectivity index (χ0v) is 10.7. The summed E-state index contributed by atoms with van der Waals surface area (Å²) >= 11 is 2.01. The van der Waals surface area contributed by atoms with E-state index in [0.29, 0.717) is 6.04 Å². The van der Waals surface area contributed by atoms with E-state index in [1.165, 1.54) is 24.3 Å². The van der Waals surface area contributed by atoms with E-state index >= 15 is 0 Å². The lowest BCUT2D eigenvalue weighted by Crippen LogP contribution is -2.36. The Morgan fingerprint density at radius 1 is 1.41 bits per heavy atom. The van der Waals surface area contributed by atoms with Crippen molar-refractivity contribution < 1.29 is 0 Å². The summed E-state index contributed by atoms with van der Waals surface area (Å²) in [6.07, 6.45) is 2.55. The number of nitrogens with zero attached hydrogens (tertiary/aromatic N) is 1. The van der Waals surface area contributed by atoms with Gasteiger partial charge in [-0.3, -0.25) is 0 Å². The van der Waals surface area contributed by atoms with Crippen molar-refractivity contribution in [2.75, 3.05) is 18.1 Å². The molecular formula is C14H18N2S. The Bertz CT molecular complexity index is 366. The summed E-state index contributed by atoms with van der Waals surface area (Å²) in [6.45, 7) is 0.770. The Morgan fingerprint density at radius 3 is 2.88 bits per heavy atom. The number of thioether (sulfide) groups is 1. The second-order valence-corrected chi connectivity index (χ2v) is 5.56. The van der Waals surface area contributed by atoms with Crippen molar-refractivity contribution >= 4 is 11.8 Å². The highest BCUT2D eigenvalue weighted by molar-refractivity contribution is 7.99. The third-order valence-electron chi connectivity index (χ3n) is 3.13. The fourth-order valence-electron chi connectivity index (χ4n) is 2.11.